The Hall–Kier alpha value is -3.45. The summed E-state index contributed by atoms with van der Waals surface area (Å²) in [6.07, 6.45) is -1.17. The molecule has 0 aromatic heterocycles. The summed E-state index contributed by atoms with van der Waals surface area (Å²) in [4.78, 5) is 10.9. The summed E-state index contributed by atoms with van der Waals surface area (Å²) in [7, 11) is 0. The third kappa shape index (κ3) is 6.78. The summed E-state index contributed by atoms with van der Waals surface area (Å²) in [5.74, 6) is 0.323. The Morgan fingerprint density at radius 2 is 1.72 bits per heavy atom. The molecular formula is C24H18ClF3O4. The lowest BCUT2D eigenvalue weighted by atomic mass is 10.1. The average molecular weight is 463 g/mol. The van der Waals surface area contributed by atoms with Crippen LogP contribution in [-0.2, 0) is 17.4 Å². The Bertz CT molecular complexity index is 1110. The van der Waals surface area contributed by atoms with E-state index in [1.54, 1.807) is 54.6 Å². The van der Waals surface area contributed by atoms with E-state index in [9.17, 15) is 18.0 Å². The van der Waals surface area contributed by atoms with Crippen molar-refractivity contribution in [1.82, 2.24) is 0 Å². The first kappa shape index (κ1) is 23.2. The van der Waals surface area contributed by atoms with Crippen LogP contribution in [-0.4, -0.2) is 17.7 Å². The summed E-state index contributed by atoms with van der Waals surface area (Å²) >= 11 is 6.14. The molecule has 3 aromatic carbocycles. The van der Waals surface area contributed by atoms with Crippen molar-refractivity contribution in [2.75, 3.05) is 6.61 Å². The highest BCUT2D eigenvalue weighted by molar-refractivity contribution is 6.32. The maximum Gasteiger partial charge on any atom is 0.416 e. The number of carbonyl (C=O) groups is 1. The molecular weight excluding hydrogens is 445 g/mol. The molecule has 1 N–H and O–H groups in total. The minimum Gasteiger partial charge on any atom is -0.489 e. The summed E-state index contributed by atoms with van der Waals surface area (Å²) in [6.45, 7) is 0.194. The molecule has 0 aliphatic heterocycles. The van der Waals surface area contributed by atoms with Crippen LogP contribution in [0.4, 0.5) is 13.2 Å². The molecule has 0 heterocycles. The number of carboxylic acid groups (broad SMARTS) is 1. The Morgan fingerprint density at radius 1 is 1.00 bits per heavy atom. The van der Waals surface area contributed by atoms with Crippen molar-refractivity contribution in [2.45, 2.75) is 12.6 Å². The summed E-state index contributed by atoms with van der Waals surface area (Å²) in [5.41, 5.74) is 0.476. The third-order valence-electron chi connectivity index (χ3n) is 4.28. The fourth-order valence-corrected chi connectivity index (χ4v) is 2.93. The van der Waals surface area contributed by atoms with Crippen LogP contribution >= 0.6 is 11.6 Å². The smallest absolute Gasteiger partial charge is 0.416 e. The van der Waals surface area contributed by atoms with Crippen LogP contribution in [0.3, 0.4) is 0 Å². The van der Waals surface area contributed by atoms with Crippen LogP contribution in [0.2, 0.25) is 5.02 Å². The number of hydrogen-bond donors (Lipinski definition) is 1. The molecule has 0 spiro atoms. The molecule has 166 valence electrons. The molecule has 0 atom stereocenters. The van der Waals surface area contributed by atoms with Gasteiger partial charge in [-0.1, -0.05) is 41.9 Å². The van der Waals surface area contributed by atoms with Crippen molar-refractivity contribution in [2.24, 2.45) is 0 Å². The average Bonchev–Trinajstić information content (AvgIpc) is 2.73. The number of ether oxygens (including phenoxy) is 2. The van der Waals surface area contributed by atoms with Crippen molar-refractivity contribution in [3.05, 3.63) is 94.5 Å². The van der Waals surface area contributed by atoms with Gasteiger partial charge >= 0.3 is 12.1 Å². The second-order valence-corrected chi connectivity index (χ2v) is 7.15. The van der Waals surface area contributed by atoms with Crippen molar-refractivity contribution in [1.29, 1.82) is 0 Å². The van der Waals surface area contributed by atoms with Gasteiger partial charge < -0.3 is 14.6 Å². The highest BCUT2D eigenvalue weighted by Crippen LogP contribution is 2.32. The zero-order valence-corrected chi connectivity index (χ0v) is 17.4. The maximum absolute atomic E-state index is 12.6. The van der Waals surface area contributed by atoms with Crippen molar-refractivity contribution < 1.29 is 32.5 Å². The van der Waals surface area contributed by atoms with Crippen LogP contribution in [0.25, 0.3) is 6.08 Å². The molecule has 0 aliphatic carbocycles. The normalized spacial score (nSPS) is 11.5. The van der Waals surface area contributed by atoms with Crippen LogP contribution in [0, 0.1) is 0 Å². The molecule has 32 heavy (non-hydrogen) atoms. The van der Waals surface area contributed by atoms with Crippen molar-refractivity contribution in [3.63, 3.8) is 0 Å². The molecule has 4 nitrogen and oxygen atoms in total. The van der Waals surface area contributed by atoms with E-state index in [2.05, 4.69) is 0 Å². The molecule has 0 aliphatic rings. The fourth-order valence-electron chi connectivity index (χ4n) is 2.78. The lowest BCUT2D eigenvalue weighted by Crippen LogP contribution is -2.03. The largest absolute Gasteiger partial charge is 0.489 e. The van der Waals surface area contributed by atoms with E-state index in [4.69, 9.17) is 26.2 Å². The second-order valence-electron chi connectivity index (χ2n) is 6.75. The van der Waals surface area contributed by atoms with E-state index in [1.807, 2.05) is 0 Å². The van der Waals surface area contributed by atoms with Gasteiger partial charge in [-0.25, -0.2) is 0 Å². The van der Waals surface area contributed by atoms with Crippen LogP contribution < -0.4 is 9.47 Å². The highest BCUT2D eigenvalue weighted by atomic mass is 35.5. The van der Waals surface area contributed by atoms with Gasteiger partial charge in [-0.3, -0.25) is 4.79 Å². The van der Waals surface area contributed by atoms with Gasteiger partial charge in [-0.05, 0) is 53.6 Å². The van der Waals surface area contributed by atoms with E-state index in [0.717, 1.165) is 12.1 Å². The standard InChI is InChI=1S/C24H18ClF3O4/c25-21-11-8-17(14-23(29)30)13-22(21)32-20-5-1-4-19(15-20)31-12-2-3-16-6-9-18(10-7-16)24(26,27)28/h1-11,13,15H,12,14H2,(H,29,30). The number of rotatable bonds is 8. The van der Waals surface area contributed by atoms with E-state index in [-0.39, 0.29) is 13.0 Å². The molecule has 8 heteroatoms. The topological polar surface area (TPSA) is 55.8 Å². The first-order valence-corrected chi connectivity index (χ1v) is 9.83. The summed E-state index contributed by atoms with van der Waals surface area (Å²) in [6, 6.07) is 16.4. The molecule has 0 amide bonds. The van der Waals surface area contributed by atoms with Crippen LogP contribution in [0.15, 0.2) is 72.8 Å². The van der Waals surface area contributed by atoms with Gasteiger partial charge in [0.15, 0.2) is 0 Å². The number of alkyl halides is 3. The monoisotopic (exact) mass is 462 g/mol. The Balaban J connectivity index is 1.60. The molecule has 0 radical (unpaired) electrons. The van der Waals surface area contributed by atoms with E-state index >= 15 is 0 Å². The number of hydrogen-bond acceptors (Lipinski definition) is 3. The molecule has 0 saturated heterocycles. The van der Waals surface area contributed by atoms with E-state index in [1.165, 1.54) is 12.1 Å². The van der Waals surface area contributed by atoms with Gasteiger partial charge in [0.25, 0.3) is 0 Å². The minimum absolute atomic E-state index is 0.151. The van der Waals surface area contributed by atoms with Gasteiger partial charge in [0.1, 0.15) is 23.9 Å². The van der Waals surface area contributed by atoms with Gasteiger partial charge in [0.05, 0.1) is 17.0 Å². The predicted molar refractivity (Wildman–Crippen MR) is 115 cm³/mol. The molecule has 0 bridgehead atoms. The Morgan fingerprint density at radius 3 is 2.41 bits per heavy atom. The Labute approximate surface area is 187 Å². The first-order valence-electron chi connectivity index (χ1n) is 9.45. The highest BCUT2D eigenvalue weighted by Gasteiger charge is 2.29. The molecule has 0 saturated carbocycles. The van der Waals surface area contributed by atoms with Crippen LogP contribution in [0.1, 0.15) is 16.7 Å². The molecule has 3 aromatic rings. The van der Waals surface area contributed by atoms with Crippen molar-refractivity contribution >= 4 is 23.6 Å². The van der Waals surface area contributed by atoms with Crippen molar-refractivity contribution in [3.8, 4) is 17.2 Å². The van der Waals surface area contributed by atoms with Gasteiger partial charge in [0.2, 0.25) is 0 Å². The first-order chi connectivity index (χ1) is 15.2. The molecule has 0 fully saturated rings. The zero-order chi connectivity index (χ0) is 23.1. The SMILES string of the molecule is O=C(O)Cc1ccc(Cl)c(Oc2cccc(OCC=Cc3ccc(C(F)(F)F)cc3)c2)c1. The van der Waals surface area contributed by atoms with Gasteiger partial charge in [0, 0.05) is 6.07 Å². The molecule has 0 unspecified atom stereocenters. The molecule has 3 rings (SSSR count). The quantitative estimate of drug-likeness (QED) is 0.397. The van der Waals surface area contributed by atoms with Crippen LogP contribution in [0.5, 0.6) is 17.2 Å². The zero-order valence-electron chi connectivity index (χ0n) is 16.6. The second kappa shape index (κ2) is 10.2. The van der Waals surface area contributed by atoms with E-state index < -0.39 is 17.7 Å². The van der Waals surface area contributed by atoms with Gasteiger partial charge in [-0.2, -0.15) is 13.2 Å². The number of aliphatic carboxylic acids is 1. The number of benzene rings is 3. The maximum atomic E-state index is 12.6. The lowest BCUT2D eigenvalue weighted by molar-refractivity contribution is -0.138. The summed E-state index contributed by atoms with van der Waals surface area (Å²) in [5, 5.41) is 9.27. The Kier molecular flexibility index (Phi) is 7.43. The number of carboxylic acids is 1. The minimum atomic E-state index is -4.36. The predicted octanol–water partition coefficient (Wildman–Crippen LogP) is 6.87. The lowest BCUT2D eigenvalue weighted by Gasteiger charge is -2.11. The van der Waals surface area contributed by atoms with Gasteiger partial charge in [-0.15, -0.1) is 0 Å². The third-order valence-corrected chi connectivity index (χ3v) is 4.59. The fraction of sp³-hybridized carbons (Fsp3) is 0.125. The summed E-state index contributed by atoms with van der Waals surface area (Å²) < 4.78 is 49.2. The van der Waals surface area contributed by atoms with E-state index in [0.29, 0.717) is 33.4 Å². The number of halogens is 4.